The van der Waals surface area contributed by atoms with Crippen molar-refractivity contribution in [2.75, 3.05) is 13.2 Å². The summed E-state index contributed by atoms with van der Waals surface area (Å²) in [5, 5.41) is 4.65. The van der Waals surface area contributed by atoms with Crippen LogP contribution in [0.1, 0.15) is 22.5 Å². The lowest BCUT2D eigenvalue weighted by Crippen LogP contribution is -2.46. The Bertz CT molecular complexity index is 596. The van der Waals surface area contributed by atoms with Gasteiger partial charge in [-0.1, -0.05) is 12.2 Å². The first-order chi connectivity index (χ1) is 10.2. The molecule has 2 atom stereocenters. The van der Waals surface area contributed by atoms with Gasteiger partial charge in [-0.15, -0.1) is 11.3 Å². The smallest absolute Gasteiger partial charge is 0.265 e. The number of amides is 2. The van der Waals surface area contributed by atoms with Crippen LogP contribution in [0.15, 0.2) is 17.5 Å². The van der Waals surface area contributed by atoms with E-state index in [-0.39, 0.29) is 17.9 Å². The van der Waals surface area contributed by atoms with Crippen molar-refractivity contribution in [2.24, 2.45) is 11.7 Å². The molecule has 3 rings (SSSR count). The molecule has 2 aliphatic rings. The molecule has 7 heteroatoms. The van der Waals surface area contributed by atoms with E-state index in [1.165, 1.54) is 11.3 Å². The van der Waals surface area contributed by atoms with Gasteiger partial charge < -0.3 is 20.5 Å². The summed E-state index contributed by atoms with van der Waals surface area (Å²) in [6.07, 6.45) is 5.03. The number of nitrogens with one attached hydrogen (secondary N) is 1. The number of hydrogen-bond acceptors (Lipinski definition) is 5. The highest BCUT2D eigenvalue weighted by molar-refractivity contribution is 7.12. The van der Waals surface area contributed by atoms with Crippen LogP contribution >= 0.6 is 11.3 Å². The Morgan fingerprint density at radius 2 is 2.00 bits per heavy atom. The van der Waals surface area contributed by atoms with Crippen molar-refractivity contribution < 1.29 is 19.1 Å². The molecule has 6 nitrogen and oxygen atoms in total. The quantitative estimate of drug-likeness (QED) is 0.817. The van der Waals surface area contributed by atoms with E-state index in [1.807, 2.05) is 12.2 Å². The Kier molecular flexibility index (Phi) is 3.83. The number of thiophene rings is 1. The molecule has 0 bridgehead atoms. The molecule has 0 aromatic carbocycles. The number of hydrogen-bond donors (Lipinski definition) is 2. The van der Waals surface area contributed by atoms with Crippen molar-refractivity contribution in [1.82, 2.24) is 5.32 Å². The molecule has 1 aromatic rings. The second kappa shape index (κ2) is 5.77. The summed E-state index contributed by atoms with van der Waals surface area (Å²) in [6, 6.07) is -0.276. The molecular formula is C14H16N2O4S. The molecule has 0 saturated carbocycles. The molecule has 1 aliphatic heterocycles. The number of carbonyl (C=O) groups excluding carboxylic acids is 2. The molecule has 2 amide bonds. The van der Waals surface area contributed by atoms with Gasteiger partial charge in [-0.3, -0.25) is 9.59 Å². The van der Waals surface area contributed by atoms with Crippen molar-refractivity contribution in [2.45, 2.75) is 18.9 Å². The molecule has 1 aromatic heterocycles. The number of ether oxygens (including phenoxy) is 2. The highest BCUT2D eigenvalue weighted by Crippen LogP contribution is 2.39. The number of nitrogens with two attached hydrogens (primary N) is 1. The first-order valence-corrected chi connectivity index (χ1v) is 7.67. The summed E-state index contributed by atoms with van der Waals surface area (Å²) in [7, 11) is 0. The van der Waals surface area contributed by atoms with Gasteiger partial charge in [0.1, 0.15) is 18.1 Å². The molecule has 1 aliphatic carbocycles. The first-order valence-electron chi connectivity index (χ1n) is 6.79. The van der Waals surface area contributed by atoms with Crippen LogP contribution in [-0.4, -0.2) is 31.1 Å². The zero-order chi connectivity index (χ0) is 14.8. The average Bonchev–Trinajstić information content (AvgIpc) is 2.91. The van der Waals surface area contributed by atoms with Gasteiger partial charge in [0.05, 0.1) is 5.92 Å². The predicted octanol–water partition coefficient (Wildman–Crippen LogP) is 1.07. The van der Waals surface area contributed by atoms with Gasteiger partial charge in [0.25, 0.3) is 5.91 Å². The summed E-state index contributed by atoms with van der Waals surface area (Å²) < 4.78 is 10.9. The van der Waals surface area contributed by atoms with E-state index in [1.54, 1.807) is 5.38 Å². The molecular weight excluding hydrogens is 292 g/mol. The molecule has 21 heavy (non-hydrogen) atoms. The maximum atomic E-state index is 12.4. The molecule has 0 fully saturated rings. The van der Waals surface area contributed by atoms with Crippen molar-refractivity contribution in [3.8, 4) is 11.5 Å². The SMILES string of the molecule is NC(=O)[C@@H]1CC=CC[C@H]1NC(=O)c1scc2c1OCCO2. The van der Waals surface area contributed by atoms with E-state index in [9.17, 15) is 9.59 Å². The number of fused-ring (bicyclic) bond motifs is 1. The van der Waals surface area contributed by atoms with E-state index in [0.717, 1.165) is 0 Å². The molecule has 0 radical (unpaired) electrons. The van der Waals surface area contributed by atoms with Gasteiger partial charge in [0, 0.05) is 11.4 Å². The Labute approximate surface area is 125 Å². The number of primary amides is 1. The molecule has 3 N–H and O–H groups in total. The fraction of sp³-hybridized carbons (Fsp3) is 0.429. The van der Waals surface area contributed by atoms with Crippen LogP contribution < -0.4 is 20.5 Å². The number of carbonyl (C=O) groups is 2. The molecule has 0 unspecified atom stereocenters. The summed E-state index contributed by atoms with van der Waals surface area (Å²) in [6.45, 7) is 0.919. The minimum Gasteiger partial charge on any atom is -0.485 e. The third kappa shape index (κ3) is 2.73. The molecule has 0 saturated heterocycles. The minimum absolute atomic E-state index is 0.252. The van der Waals surface area contributed by atoms with Crippen LogP contribution in [0.4, 0.5) is 0 Å². The van der Waals surface area contributed by atoms with Crippen LogP contribution in [0.3, 0.4) is 0 Å². The van der Waals surface area contributed by atoms with Gasteiger partial charge in [-0.2, -0.15) is 0 Å². The van der Waals surface area contributed by atoms with Gasteiger partial charge in [0.2, 0.25) is 5.91 Å². The summed E-state index contributed by atoms with van der Waals surface area (Å²) in [5.41, 5.74) is 5.40. The Morgan fingerprint density at radius 3 is 2.81 bits per heavy atom. The Morgan fingerprint density at radius 1 is 1.24 bits per heavy atom. The van der Waals surface area contributed by atoms with Crippen LogP contribution in [0.5, 0.6) is 11.5 Å². The lowest BCUT2D eigenvalue weighted by Gasteiger charge is -2.27. The van der Waals surface area contributed by atoms with Crippen molar-refractivity contribution in [1.29, 1.82) is 0 Å². The molecule has 112 valence electrons. The lowest BCUT2D eigenvalue weighted by atomic mass is 9.88. The highest BCUT2D eigenvalue weighted by atomic mass is 32.1. The van der Waals surface area contributed by atoms with E-state index >= 15 is 0 Å². The average molecular weight is 308 g/mol. The van der Waals surface area contributed by atoms with Crippen molar-refractivity contribution in [3.63, 3.8) is 0 Å². The zero-order valence-corrected chi connectivity index (χ0v) is 12.2. The van der Waals surface area contributed by atoms with Crippen molar-refractivity contribution in [3.05, 3.63) is 22.4 Å². The van der Waals surface area contributed by atoms with Crippen molar-refractivity contribution >= 4 is 23.2 Å². The monoisotopic (exact) mass is 308 g/mol. The lowest BCUT2D eigenvalue weighted by molar-refractivity contribution is -0.122. The third-order valence-corrected chi connectivity index (χ3v) is 4.56. The largest absolute Gasteiger partial charge is 0.485 e. The van der Waals surface area contributed by atoms with Crippen LogP contribution in [-0.2, 0) is 4.79 Å². The van der Waals surface area contributed by atoms with E-state index in [4.69, 9.17) is 15.2 Å². The topological polar surface area (TPSA) is 90.7 Å². The Balaban J connectivity index is 1.75. The molecule has 2 heterocycles. The standard InChI is InChI=1S/C14H16N2O4S/c15-13(17)8-3-1-2-4-9(8)16-14(18)12-11-10(7-21-12)19-5-6-20-11/h1-2,7-9H,3-6H2,(H2,15,17)(H,16,18)/t8-,9-/m1/s1. The summed E-state index contributed by atoms with van der Waals surface area (Å²) in [5.74, 6) is 0.0831. The highest BCUT2D eigenvalue weighted by Gasteiger charge is 2.31. The van der Waals surface area contributed by atoms with E-state index < -0.39 is 5.91 Å². The summed E-state index contributed by atoms with van der Waals surface area (Å²) in [4.78, 5) is 24.3. The van der Waals surface area contributed by atoms with Crippen LogP contribution in [0.25, 0.3) is 0 Å². The van der Waals surface area contributed by atoms with Crippen LogP contribution in [0.2, 0.25) is 0 Å². The second-order valence-corrected chi connectivity index (χ2v) is 5.87. The fourth-order valence-electron chi connectivity index (χ4n) is 2.54. The number of rotatable bonds is 3. The predicted molar refractivity (Wildman–Crippen MR) is 77.6 cm³/mol. The first kappa shape index (κ1) is 13.9. The van der Waals surface area contributed by atoms with Gasteiger partial charge in [-0.05, 0) is 12.8 Å². The normalized spacial score (nSPS) is 23.6. The van der Waals surface area contributed by atoms with Crippen LogP contribution in [0, 0.1) is 5.92 Å². The van der Waals surface area contributed by atoms with Gasteiger partial charge >= 0.3 is 0 Å². The zero-order valence-electron chi connectivity index (χ0n) is 11.3. The number of allylic oxidation sites excluding steroid dienone is 1. The second-order valence-electron chi connectivity index (χ2n) is 4.99. The maximum Gasteiger partial charge on any atom is 0.265 e. The van der Waals surface area contributed by atoms with Gasteiger partial charge in [-0.25, -0.2) is 0 Å². The fourth-order valence-corrected chi connectivity index (χ4v) is 3.37. The van der Waals surface area contributed by atoms with Gasteiger partial charge in [0.15, 0.2) is 11.5 Å². The summed E-state index contributed by atoms with van der Waals surface area (Å²) >= 11 is 1.28. The van der Waals surface area contributed by atoms with E-state index in [2.05, 4.69) is 5.32 Å². The Hall–Kier alpha value is -2.02. The maximum absolute atomic E-state index is 12.4. The van der Waals surface area contributed by atoms with E-state index in [0.29, 0.717) is 42.4 Å². The third-order valence-electron chi connectivity index (χ3n) is 3.62. The molecule has 0 spiro atoms. The minimum atomic E-state index is -0.391.